The lowest BCUT2D eigenvalue weighted by Crippen LogP contribution is -2.32. The predicted octanol–water partition coefficient (Wildman–Crippen LogP) is 1.34. The zero-order valence-electron chi connectivity index (χ0n) is 9.18. The van der Waals surface area contributed by atoms with Crippen LogP contribution >= 0.6 is 0 Å². The Kier molecular flexibility index (Phi) is 2.52. The van der Waals surface area contributed by atoms with E-state index in [1.54, 1.807) is 0 Å². The van der Waals surface area contributed by atoms with E-state index in [-0.39, 0.29) is 5.54 Å². The molecule has 1 aliphatic carbocycles. The van der Waals surface area contributed by atoms with E-state index in [0.29, 0.717) is 5.91 Å². The number of hydrogen-bond acceptors (Lipinski definition) is 2. The third kappa shape index (κ3) is 1.78. The monoisotopic (exact) mass is 196 g/mol. The second-order valence-electron chi connectivity index (χ2n) is 5.02. The summed E-state index contributed by atoms with van der Waals surface area (Å²) in [6, 6.07) is 0. The minimum atomic E-state index is -0.0994. The number of carbonyl (C=O) groups is 1. The molecule has 1 N–H and O–H groups in total. The molecule has 0 bridgehead atoms. The maximum Gasteiger partial charge on any atom is 0.243 e. The summed E-state index contributed by atoms with van der Waals surface area (Å²) in [5.74, 6) is 1.09. The van der Waals surface area contributed by atoms with Crippen LogP contribution in [-0.2, 0) is 4.79 Å². The molecule has 0 unspecified atom stereocenters. The van der Waals surface area contributed by atoms with E-state index in [9.17, 15) is 4.79 Å². The Hall–Kier alpha value is -0.570. The Morgan fingerprint density at radius 1 is 1.50 bits per heavy atom. The van der Waals surface area contributed by atoms with Gasteiger partial charge in [-0.25, -0.2) is 0 Å². The van der Waals surface area contributed by atoms with E-state index in [1.807, 2.05) is 4.90 Å². The zero-order chi connectivity index (χ0) is 10.2. The topological polar surface area (TPSA) is 32.3 Å². The molecule has 0 aromatic carbocycles. The molecule has 14 heavy (non-hydrogen) atoms. The molecule has 2 fully saturated rings. The van der Waals surface area contributed by atoms with Gasteiger partial charge in [0.05, 0.1) is 12.2 Å². The molecule has 3 heteroatoms. The lowest BCUT2D eigenvalue weighted by atomic mass is 10.1. The Labute approximate surface area is 85.8 Å². The highest BCUT2D eigenvalue weighted by atomic mass is 16.2. The van der Waals surface area contributed by atoms with E-state index >= 15 is 0 Å². The molecule has 0 aromatic rings. The van der Waals surface area contributed by atoms with Crippen molar-refractivity contribution in [1.29, 1.82) is 0 Å². The number of amides is 1. The van der Waals surface area contributed by atoms with Crippen LogP contribution in [0.15, 0.2) is 0 Å². The Morgan fingerprint density at radius 2 is 2.21 bits per heavy atom. The molecule has 0 radical (unpaired) electrons. The van der Waals surface area contributed by atoms with E-state index in [2.05, 4.69) is 19.2 Å². The second-order valence-corrected chi connectivity index (χ2v) is 5.02. The molecule has 0 atom stereocenters. The van der Waals surface area contributed by atoms with Crippen LogP contribution in [0.25, 0.3) is 0 Å². The first-order valence-electron chi connectivity index (χ1n) is 5.68. The first-order valence-corrected chi connectivity index (χ1v) is 5.68. The third-order valence-electron chi connectivity index (χ3n) is 3.26. The molecule has 1 heterocycles. The summed E-state index contributed by atoms with van der Waals surface area (Å²) in [6.07, 6.45) is 4.46. The van der Waals surface area contributed by atoms with Crippen molar-refractivity contribution < 1.29 is 4.79 Å². The number of rotatable bonds is 4. The summed E-state index contributed by atoms with van der Waals surface area (Å²) in [7, 11) is 0. The highest BCUT2D eigenvalue weighted by Crippen LogP contribution is 2.40. The fourth-order valence-electron chi connectivity index (χ4n) is 2.08. The lowest BCUT2D eigenvalue weighted by Gasteiger charge is -2.15. The quantitative estimate of drug-likeness (QED) is 0.736. The average molecular weight is 196 g/mol. The minimum Gasteiger partial charge on any atom is -0.328 e. The van der Waals surface area contributed by atoms with Gasteiger partial charge in [0.25, 0.3) is 0 Å². The molecule has 1 saturated carbocycles. The summed E-state index contributed by atoms with van der Waals surface area (Å²) in [5, 5.41) is 3.32. The van der Waals surface area contributed by atoms with Gasteiger partial charge in [-0.3, -0.25) is 10.1 Å². The summed E-state index contributed by atoms with van der Waals surface area (Å²) >= 11 is 0. The molecule has 1 spiro atoms. The molecule has 1 amide bonds. The van der Waals surface area contributed by atoms with Gasteiger partial charge < -0.3 is 4.90 Å². The molecule has 2 aliphatic rings. The molecular weight excluding hydrogens is 176 g/mol. The van der Waals surface area contributed by atoms with Crippen molar-refractivity contribution >= 4 is 5.91 Å². The summed E-state index contributed by atoms with van der Waals surface area (Å²) < 4.78 is 0. The molecule has 3 nitrogen and oxygen atoms in total. The fraction of sp³-hybridized carbons (Fsp3) is 0.909. The summed E-state index contributed by atoms with van der Waals surface area (Å²) in [4.78, 5) is 13.8. The summed E-state index contributed by atoms with van der Waals surface area (Å²) in [5.41, 5.74) is -0.0994. The van der Waals surface area contributed by atoms with Crippen LogP contribution in [0.1, 0.15) is 39.5 Å². The van der Waals surface area contributed by atoms with Gasteiger partial charge in [-0.15, -0.1) is 0 Å². The van der Waals surface area contributed by atoms with Crippen molar-refractivity contribution in [2.24, 2.45) is 5.92 Å². The molecule has 0 aromatic heterocycles. The van der Waals surface area contributed by atoms with Crippen molar-refractivity contribution in [2.45, 2.75) is 45.1 Å². The van der Waals surface area contributed by atoms with Crippen LogP contribution < -0.4 is 5.32 Å². The first-order chi connectivity index (χ1) is 6.64. The first kappa shape index (κ1) is 9.97. The zero-order valence-corrected chi connectivity index (χ0v) is 9.18. The van der Waals surface area contributed by atoms with Crippen LogP contribution in [0.2, 0.25) is 0 Å². The van der Waals surface area contributed by atoms with Crippen LogP contribution in [0, 0.1) is 5.92 Å². The highest BCUT2D eigenvalue weighted by molar-refractivity contribution is 5.91. The molecule has 1 aliphatic heterocycles. The standard InChI is InChI=1S/C11H20N2O/c1-9(2)4-3-7-13-8-12-11(5-6-11)10(13)14/h9,12H,3-8H2,1-2H3. The van der Waals surface area contributed by atoms with E-state index < -0.39 is 0 Å². The second kappa shape index (κ2) is 3.54. The molecule has 1 saturated heterocycles. The average Bonchev–Trinajstić information content (AvgIpc) is 2.84. The lowest BCUT2D eigenvalue weighted by molar-refractivity contribution is -0.129. The van der Waals surface area contributed by atoms with Gasteiger partial charge in [-0.1, -0.05) is 13.8 Å². The SMILES string of the molecule is CC(C)CCCN1CNC2(CC2)C1=O. The Bertz CT molecular complexity index is 233. The van der Waals surface area contributed by atoms with Crippen LogP contribution in [0.4, 0.5) is 0 Å². The number of hydrogen-bond donors (Lipinski definition) is 1. The maximum atomic E-state index is 11.8. The van der Waals surface area contributed by atoms with Gasteiger partial charge in [-0.2, -0.15) is 0 Å². The van der Waals surface area contributed by atoms with Crippen molar-refractivity contribution in [3.8, 4) is 0 Å². The number of carbonyl (C=O) groups excluding carboxylic acids is 1. The van der Waals surface area contributed by atoms with Crippen molar-refractivity contribution in [3.05, 3.63) is 0 Å². The maximum absolute atomic E-state index is 11.8. The van der Waals surface area contributed by atoms with Crippen LogP contribution in [-0.4, -0.2) is 29.6 Å². The van der Waals surface area contributed by atoms with Gasteiger partial charge >= 0.3 is 0 Å². The fourth-order valence-corrected chi connectivity index (χ4v) is 2.08. The van der Waals surface area contributed by atoms with Crippen molar-refractivity contribution in [3.63, 3.8) is 0 Å². The highest BCUT2D eigenvalue weighted by Gasteiger charge is 2.55. The van der Waals surface area contributed by atoms with Gasteiger partial charge in [-0.05, 0) is 31.6 Å². The normalized spacial score (nSPS) is 23.9. The number of nitrogens with zero attached hydrogens (tertiary/aromatic N) is 1. The third-order valence-corrected chi connectivity index (χ3v) is 3.26. The van der Waals surface area contributed by atoms with Crippen LogP contribution in [0.5, 0.6) is 0 Å². The van der Waals surface area contributed by atoms with Gasteiger partial charge in [0, 0.05) is 6.54 Å². The van der Waals surface area contributed by atoms with Gasteiger partial charge in [0.15, 0.2) is 0 Å². The van der Waals surface area contributed by atoms with Crippen molar-refractivity contribution in [1.82, 2.24) is 10.2 Å². The van der Waals surface area contributed by atoms with Crippen molar-refractivity contribution in [2.75, 3.05) is 13.2 Å². The predicted molar refractivity (Wildman–Crippen MR) is 55.8 cm³/mol. The Balaban J connectivity index is 1.74. The molecule has 2 rings (SSSR count). The largest absolute Gasteiger partial charge is 0.328 e. The minimum absolute atomic E-state index is 0.0994. The van der Waals surface area contributed by atoms with E-state index in [4.69, 9.17) is 0 Å². The smallest absolute Gasteiger partial charge is 0.243 e. The van der Waals surface area contributed by atoms with Gasteiger partial charge in [0.1, 0.15) is 0 Å². The summed E-state index contributed by atoms with van der Waals surface area (Å²) in [6.45, 7) is 6.17. The Morgan fingerprint density at radius 3 is 2.71 bits per heavy atom. The van der Waals surface area contributed by atoms with E-state index in [1.165, 1.54) is 6.42 Å². The van der Waals surface area contributed by atoms with Crippen LogP contribution in [0.3, 0.4) is 0 Å². The van der Waals surface area contributed by atoms with Gasteiger partial charge in [0.2, 0.25) is 5.91 Å². The van der Waals surface area contributed by atoms with E-state index in [0.717, 1.165) is 38.4 Å². The number of nitrogens with one attached hydrogen (secondary N) is 1. The molecule has 80 valence electrons. The molecular formula is C11H20N2O.